The molecule has 1 atom stereocenters. The van der Waals surface area contributed by atoms with Crippen LogP contribution < -0.4 is 5.32 Å². The van der Waals surface area contributed by atoms with Crippen molar-refractivity contribution in [2.45, 2.75) is 53.1 Å². The molecule has 1 unspecified atom stereocenters. The Kier molecular flexibility index (Phi) is 6.05. The maximum absolute atomic E-state index is 12.8. The maximum atomic E-state index is 12.8. The third-order valence-corrected chi connectivity index (χ3v) is 4.74. The molecule has 1 aromatic rings. The van der Waals surface area contributed by atoms with Crippen molar-refractivity contribution in [2.24, 2.45) is 11.3 Å². The third kappa shape index (κ3) is 4.62. The van der Waals surface area contributed by atoms with Crippen LogP contribution in [0.4, 0.5) is 0 Å². The molecule has 142 valence electrons. The van der Waals surface area contributed by atoms with E-state index < -0.39 is 17.4 Å². The number of benzene rings is 1. The standard InChI is InChI=1S/C20H28N2O4/c1-13(2)9-17(23)22-11-15-8-6-5-7-14(15)10-16(22)18(24)21-12-20(3,4)19(25)26/h5-8,13,16H,9-12H2,1-4H3,(H,21,24)(H,25,26). The Morgan fingerprint density at radius 2 is 1.85 bits per heavy atom. The third-order valence-electron chi connectivity index (χ3n) is 4.74. The molecule has 2 N–H and O–H groups in total. The first-order valence-corrected chi connectivity index (χ1v) is 8.99. The molecule has 1 aromatic carbocycles. The van der Waals surface area contributed by atoms with E-state index in [0.717, 1.165) is 11.1 Å². The lowest BCUT2D eigenvalue weighted by molar-refractivity contribution is -0.148. The SMILES string of the molecule is CC(C)CC(=O)N1Cc2ccccc2CC1C(=O)NCC(C)(C)C(=O)O. The Balaban J connectivity index is 2.20. The fraction of sp³-hybridized carbons (Fsp3) is 0.550. The van der Waals surface area contributed by atoms with Crippen molar-refractivity contribution in [1.29, 1.82) is 0 Å². The van der Waals surface area contributed by atoms with Crippen LogP contribution in [0.3, 0.4) is 0 Å². The number of aliphatic carboxylic acids is 1. The normalized spacial score (nSPS) is 17.0. The van der Waals surface area contributed by atoms with Gasteiger partial charge < -0.3 is 15.3 Å². The van der Waals surface area contributed by atoms with Crippen LogP contribution >= 0.6 is 0 Å². The first kappa shape index (κ1) is 19.9. The van der Waals surface area contributed by atoms with Gasteiger partial charge in [-0.25, -0.2) is 0 Å². The number of nitrogens with zero attached hydrogens (tertiary/aromatic N) is 1. The van der Waals surface area contributed by atoms with Gasteiger partial charge in [0.2, 0.25) is 11.8 Å². The zero-order chi connectivity index (χ0) is 19.5. The molecule has 1 aliphatic heterocycles. The van der Waals surface area contributed by atoms with Gasteiger partial charge in [-0.15, -0.1) is 0 Å². The highest BCUT2D eigenvalue weighted by atomic mass is 16.4. The van der Waals surface area contributed by atoms with E-state index in [-0.39, 0.29) is 24.3 Å². The summed E-state index contributed by atoms with van der Waals surface area (Å²) in [4.78, 5) is 38.4. The lowest BCUT2D eigenvalue weighted by atomic mass is 9.91. The second-order valence-electron chi connectivity index (χ2n) is 8.02. The smallest absolute Gasteiger partial charge is 0.310 e. The van der Waals surface area contributed by atoms with E-state index in [0.29, 0.717) is 19.4 Å². The monoisotopic (exact) mass is 360 g/mol. The number of rotatable bonds is 6. The van der Waals surface area contributed by atoms with Crippen molar-refractivity contribution in [3.63, 3.8) is 0 Å². The van der Waals surface area contributed by atoms with Gasteiger partial charge in [0.05, 0.1) is 5.41 Å². The lowest BCUT2D eigenvalue weighted by Gasteiger charge is -2.37. The van der Waals surface area contributed by atoms with Crippen LogP contribution in [-0.2, 0) is 27.3 Å². The molecule has 0 aliphatic carbocycles. The fourth-order valence-corrected chi connectivity index (χ4v) is 2.99. The molecule has 6 heteroatoms. The zero-order valence-corrected chi connectivity index (χ0v) is 15.9. The molecule has 1 heterocycles. The van der Waals surface area contributed by atoms with E-state index in [1.807, 2.05) is 38.1 Å². The quantitative estimate of drug-likeness (QED) is 0.814. The number of hydrogen-bond acceptors (Lipinski definition) is 3. The molecule has 0 spiro atoms. The number of carboxylic acids is 1. The summed E-state index contributed by atoms with van der Waals surface area (Å²) in [6.07, 6.45) is 0.825. The van der Waals surface area contributed by atoms with Gasteiger partial charge in [0.1, 0.15) is 6.04 Å². The maximum Gasteiger partial charge on any atom is 0.310 e. The van der Waals surface area contributed by atoms with Crippen molar-refractivity contribution in [3.05, 3.63) is 35.4 Å². The highest BCUT2D eigenvalue weighted by molar-refractivity contribution is 5.89. The predicted octanol–water partition coefficient (Wildman–Crippen LogP) is 2.21. The molecule has 0 saturated heterocycles. The average Bonchev–Trinajstić information content (AvgIpc) is 2.57. The van der Waals surface area contributed by atoms with Crippen molar-refractivity contribution >= 4 is 17.8 Å². The van der Waals surface area contributed by atoms with Crippen molar-refractivity contribution in [3.8, 4) is 0 Å². The molecule has 6 nitrogen and oxygen atoms in total. The molecule has 1 aliphatic rings. The van der Waals surface area contributed by atoms with Gasteiger partial charge in [0, 0.05) is 25.9 Å². The molecule has 2 rings (SSSR count). The van der Waals surface area contributed by atoms with Gasteiger partial charge in [-0.05, 0) is 30.9 Å². The summed E-state index contributed by atoms with van der Waals surface area (Å²) in [5, 5.41) is 11.9. The van der Waals surface area contributed by atoms with Gasteiger partial charge in [0.15, 0.2) is 0 Å². The summed E-state index contributed by atoms with van der Waals surface area (Å²) in [5.74, 6) is -1.12. The van der Waals surface area contributed by atoms with Gasteiger partial charge in [-0.2, -0.15) is 0 Å². The van der Waals surface area contributed by atoms with Gasteiger partial charge >= 0.3 is 5.97 Å². The van der Waals surface area contributed by atoms with Gasteiger partial charge in [-0.3, -0.25) is 14.4 Å². The number of fused-ring (bicyclic) bond motifs is 1. The molecular formula is C20H28N2O4. The Labute approximate surface area is 154 Å². The molecule has 0 radical (unpaired) electrons. The minimum atomic E-state index is -1.06. The first-order chi connectivity index (χ1) is 12.1. The number of carbonyl (C=O) groups excluding carboxylic acids is 2. The summed E-state index contributed by atoms with van der Waals surface area (Å²) in [5.41, 5.74) is 1.05. The first-order valence-electron chi connectivity index (χ1n) is 8.99. The summed E-state index contributed by atoms with van der Waals surface area (Å²) in [7, 11) is 0. The average molecular weight is 360 g/mol. The number of amides is 2. The fourth-order valence-electron chi connectivity index (χ4n) is 2.99. The minimum Gasteiger partial charge on any atom is -0.481 e. The van der Waals surface area contributed by atoms with Crippen LogP contribution in [0.25, 0.3) is 0 Å². The zero-order valence-electron chi connectivity index (χ0n) is 15.9. The summed E-state index contributed by atoms with van der Waals surface area (Å²) >= 11 is 0. The highest BCUT2D eigenvalue weighted by Crippen LogP contribution is 2.25. The van der Waals surface area contributed by atoms with Crippen molar-refractivity contribution in [2.75, 3.05) is 6.54 Å². The van der Waals surface area contributed by atoms with Gasteiger partial charge in [0.25, 0.3) is 0 Å². The molecule has 0 bridgehead atoms. The van der Waals surface area contributed by atoms with E-state index in [2.05, 4.69) is 5.32 Å². The predicted molar refractivity (Wildman–Crippen MR) is 98.4 cm³/mol. The largest absolute Gasteiger partial charge is 0.481 e. The number of hydrogen-bond donors (Lipinski definition) is 2. The second kappa shape index (κ2) is 7.89. The van der Waals surface area contributed by atoms with Crippen LogP contribution in [-0.4, -0.2) is 40.4 Å². The summed E-state index contributed by atoms with van der Waals surface area (Å²) in [6, 6.07) is 7.20. The molecule has 0 saturated carbocycles. The van der Waals surface area contributed by atoms with E-state index in [9.17, 15) is 19.5 Å². The highest BCUT2D eigenvalue weighted by Gasteiger charge is 2.36. The van der Waals surface area contributed by atoms with Crippen molar-refractivity contribution in [1.82, 2.24) is 10.2 Å². The van der Waals surface area contributed by atoms with Crippen molar-refractivity contribution < 1.29 is 19.5 Å². The molecule has 0 aromatic heterocycles. The topological polar surface area (TPSA) is 86.7 Å². The van der Waals surface area contributed by atoms with E-state index in [1.165, 1.54) is 0 Å². The molecule has 2 amide bonds. The lowest BCUT2D eigenvalue weighted by Crippen LogP contribution is -2.54. The Hall–Kier alpha value is -2.37. The Morgan fingerprint density at radius 3 is 2.42 bits per heavy atom. The van der Waals surface area contributed by atoms with Crippen LogP contribution in [0, 0.1) is 11.3 Å². The second-order valence-corrected chi connectivity index (χ2v) is 8.02. The van der Waals surface area contributed by atoms with E-state index in [4.69, 9.17) is 0 Å². The summed E-state index contributed by atoms with van der Waals surface area (Å²) < 4.78 is 0. The van der Waals surface area contributed by atoms with E-state index in [1.54, 1.807) is 18.7 Å². The van der Waals surface area contributed by atoms with Gasteiger partial charge in [-0.1, -0.05) is 38.1 Å². The minimum absolute atomic E-state index is 0.0194. The Morgan fingerprint density at radius 1 is 1.23 bits per heavy atom. The van der Waals surface area contributed by atoms with E-state index >= 15 is 0 Å². The summed E-state index contributed by atoms with van der Waals surface area (Å²) in [6.45, 7) is 7.50. The molecule has 26 heavy (non-hydrogen) atoms. The Bertz CT molecular complexity index is 697. The number of carboxylic acid groups (broad SMARTS) is 1. The number of carbonyl (C=O) groups is 3. The molecular weight excluding hydrogens is 332 g/mol. The van der Waals surface area contributed by atoms with Crippen LogP contribution in [0.5, 0.6) is 0 Å². The van der Waals surface area contributed by atoms with Crippen LogP contribution in [0.2, 0.25) is 0 Å². The van der Waals surface area contributed by atoms with Crippen LogP contribution in [0.1, 0.15) is 45.2 Å². The molecule has 0 fully saturated rings. The number of nitrogens with one attached hydrogen (secondary N) is 1. The van der Waals surface area contributed by atoms with Crippen LogP contribution in [0.15, 0.2) is 24.3 Å².